The van der Waals surface area contributed by atoms with E-state index >= 15 is 0 Å². The van der Waals surface area contributed by atoms with E-state index in [0.29, 0.717) is 5.56 Å². The average molecular weight is 351 g/mol. The van der Waals surface area contributed by atoms with Crippen molar-refractivity contribution in [1.29, 1.82) is 0 Å². The largest absolute Gasteiger partial charge is 0.275 e. The molecule has 1 aromatic heterocycles. The van der Waals surface area contributed by atoms with E-state index in [2.05, 4.69) is 10.2 Å². The van der Waals surface area contributed by atoms with Crippen LogP contribution in [-0.4, -0.2) is 18.6 Å². The molecule has 0 aliphatic heterocycles. The zero-order valence-corrected chi connectivity index (χ0v) is 13.6. The number of benzene rings is 2. The Morgan fingerprint density at radius 1 is 1.13 bits per heavy atom. The van der Waals surface area contributed by atoms with Crippen LogP contribution in [0.5, 0.6) is 0 Å². The number of hydrogen-bond acceptors (Lipinski definition) is 3. The van der Waals surface area contributed by atoms with E-state index in [1.54, 1.807) is 18.2 Å². The van der Waals surface area contributed by atoms with E-state index in [4.69, 9.17) is 11.6 Å². The van der Waals surface area contributed by atoms with Gasteiger partial charge in [0.2, 0.25) is 14.9 Å². The van der Waals surface area contributed by atoms with Gasteiger partial charge in [-0.15, -0.1) is 0 Å². The van der Waals surface area contributed by atoms with Crippen molar-refractivity contribution in [1.82, 2.24) is 10.2 Å². The van der Waals surface area contributed by atoms with Gasteiger partial charge in [0.25, 0.3) is 0 Å². The van der Waals surface area contributed by atoms with Gasteiger partial charge in [0.1, 0.15) is 10.8 Å². The molecule has 0 atom stereocenters. The fourth-order valence-electron chi connectivity index (χ4n) is 2.15. The van der Waals surface area contributed by atoms with Crippen molar-refractivity contribution < 1.29 is 12.8 Å². The van der Waals surface area contributed by atoms with Crippen molar-refractivity contribution in [3.8, 4) is 11.3 Å². The molecule has 1 heterocycles. The summed E-state index contributed by atoms with van der Waals surface area (Å²) in [6.07, 6.45) is 0. The first-order chi connectivity index (χ1) is 10.9. The molecule has 0 spiro atoms. The first kappa shape index (κ1) is 15.7. The van der Waals surface area contributed by atoms with E-state index in [1.807, 2.05) is 6.92 Å². The molecule has 1 N–H and O–H groups in total. The Hall–Kier alpha value is -2.18. The van der Waals surface area contributed by atoms with E-state index < -0.39 is 15.7 Å². The molecule has 3 rings (SSSR count). The van der Waals surface area contributed by atoms with Crippen molar-refractivity contribution >= 4 is 21.4 Å². The quantitative estimate of drug-likeness (QED) is 0.776. The first-order valence-corrected chi connectivity index (χ1v) is 8.57. The van der Waals surface area contributed by atoms with E-state index in [-0.39, 0.29) is 20.6 Å². The van der Waals surface area contributed by atoms with Crippen molar-refractivity contribution in [2.24, 2.45) is 0 Å². The third kappa shape index (κ3) is 2.87. The second-order valence-corrected chi connectivity index (χ2v) is 7.29. The van der Waals surface area contributed by atoms with Gasteiger partial charge in [-0.2, -0.15) is 5.10 Å². The Labute approximate surface area is 137 Å². The van der Waals surface area contributed by atoms with Gasteiger partial charge in [0, 0.05) is 5.56 Å². The highest BCUT2D eigenvalue weighted by Crippen LogP contribution is 2.33. The van der Waals surface area contributed by atoms with Crippen LogP contribution in [0.25, 0.3) is 11.3 Å². The van der Waals surface area contributed by atoms with Crippen molar-refractivity contribution in [2.75, 3.05) is 0 Å². The maximum absolute atomic E-state index is 13.3. The number of hydrogen-bond donors (Lipinski definition) is 1. The van der Waals surface area contributed by atoms with Crippen molar-refractivity contribution in [3.63, 3.8) is 0 Å². The SMILES string of the molecule is Cc1ccc(S(=O)(=O)c2n[nH]c(-c3cccc(F)c3)c2Cl)cc1. The summed E-state index contributed by atoms with van der Waals surface area (Å²) in [6.45, 7) is 1.86. The van der Waals surface area contributed by atoms with Gasteiger partial charge >= 0.3 is 0 Å². The lowest BCUT2D eigenvalue weighted by Gasteiger charge is -2.03. The summed E-state index contributed by atoms with van der Waals surface area (Å²) in [4.78, 5) is 0.0993. The highest BCUT2D eigenvalue weighted by molar-refractivity contribution is 7.91. The van der Waals surface area contributed by atoms with Gasteiger partial charge in [0.15, 0.2) is 0 Å². The smallest absolute Gasteiger partial charge is 0.227 e. The molecular formula is C16H12ClFN2O2S. The zero-order chi connectivity index (χ0) is 16.6. The minimum Gasteiger partial charge on any atom is -0.275 e. The van der Waals surface area contributed by atoms with Crippen LogP contribution in [0.1, 0.15) is 5.56 Å². The molecular weight excluding hydrogens is 339 g/mol. The lowest BCUT2D eigenvalue weighted by Crippen LogP contribution is -2.03. The lowest BCUT2D eigenvalue weighted by atomic mass is 10.1. The Morgan fingerprint density at radius 2 is 1.83 bits per heavy atom. The molecule has 4 nitrogen and oxygen atoms in total. The summed E-state index contributed by atoms with van der Waals surface area (Å²) in [5, 5.41) is 6.07. The summed E-state index contributed by atoms with van der Waals surface area (Å²) in [7, 11) is -3.85. The highest BCUT2D eigenvalue weighted by atomic mass is 35.5. The van der Waals surface area contributed by atoms with Gasteiger partial charge in [0.05, 0.1) is 10.6 Å². The number of aromatic amines is 1. The molecule has 0 bridgehead atoms. The molecule has 0 amide bonds. The van der Waals surface area contributed by atoms with Gasteiger partial charge in [-0.25, -0.2) is 12.8 Å². The highest BCUT2D eigenvalue weighted by Gasteiger charge is 2.26. The Balaban J connectivity index is 2.10. The Bertz CT molecular complexity index is 966. The molecule has 3 aromatic rings. The molecule has 23 heavy (non-hydrogen) atoms. The number of rotatable bonds is 3. The Morgan fingerprint density at radius 3 is 2.48 bits per heavy atom. The minimum atomic E-state index is -3.85. The van der Waals surface area contributed by atoms with E-state index in [9.17, 15) is 12.8 Å². The molecule has 0 aliphatic rings. The minimum absolute atomic E-state index is 0.0591. The topological polar surface area (TPSA) is 62.8 Å². The van der Waals surface area contributed by atoms with Crippen LogP contribution in [0.3, 0.4) is 0 Å². The van der Waals surface area contributed by atoms with Gasteiger partial charge in [-0.3, -0.25) is 5.10 Å². The molecule has 0 radical (unpaired) electrons. The molecule has 7 heteroatoms. The summed E-state index contributed by atoms with van der Waals surface area (Å²) in [5.74, 6) is -0.448. The van der Waals surface area contributed by atoms with E-state index in [0.717, 1.165) is 5.56 Å². The number of sulfone groups is 1. The number of nitrogens with one attached hydrogen (secondary N) is 1. The number of nitrogens with zero attached hydrogens (tertiary/aromatic N) is 1. The van der Waals surface area contributed by atoms with Crippen LogP contribution in [-0.2, 0) is 9.84 Å². The maximum Gasteiger partial charge on any atom is 0.227 e. The summed E-state index contributed by atoms with van der Waals surface area (Å²) in [5.41, 5.74) is 1.63. The van der Waals surface area contributed by atoms with Gasteiger partial charge in [-0.1, -0.05) is 41.4 Å². The van der Waals surface area contributed by atoms with Crippen LogP contribution in [0, 0.1) is 12.7 Å². The zero-order valence-electron chi connectivity index (χ0n) is 12.0. The average Bonchev–Trinajstić information content (AvgIpc) is 2.90. The molecule has 0 saturated heterocycles. The standard InChI is InChI=1S/C16H12ClFN2O2S/c1-10-5-7-13(8-6-10)23(21,22)16-14(17)15(19-20-16)11-3-2-4-12(18)9-11/h2-9H,1H3,(H,19,20). The number of H-pyrrole nitrogens is 1. The molecule has 0 saturated carbocycles. The van der Waals surface area contributed by atoms with Crippen LogP contribution < -0.4 is 0 Å². The van der Waals surface area contributed by atoms with Crippen LogP contribution in [0.4, 0.5) is 4.39 Å². The van der Waals surface area contributed by atoms with E-state index in [1.165, 1.54) is 30.3 Å². The maximum atomic E-state index is 13.3. The Kier molecular flexibility index (Phi) is 3.95. The normalized spacial score (nSPS) is 11.6. The van der Waals surface area contributed by atoms with Crippen LogP contribution in [0.15, 0.2) is 58.5 Å². The molecule has 0 aliphatic carbocycles. The fraction of sp³-hybridized carbons (Fsp3) is 0.0625. The lowest BCUT2D eigenvalue weighted by molar-refractivity contribution is 0.592. The third-order valence-electron chi connectivity index (χ3n) is 3.38. The number of aromatic nitrogens is 2. The van der Waals surface area contributed by atoms with Crippen LogP contribution in [0.2, 0.25) is 5.02 Å². The first-order valence-electron chi connectivity index (χ1n) is 6.71. The summed E-state index contributed by atoms with van der Waals surface area (Å²) in [6, 6.07) is 12.1. The monoisotopic (exact) mass is 350 g/mol. The molecule has 118 valence electrons. The van der Waals surface area contributed by atoms with Gasteiger partial charge < -0.3 is 0 Å². The molecule has 0 unspecified atom stereocenters. The predicted octanol–water partition coefficient (Wildman–Crippen LogP) is 4.01. The molecule has 0 fully saturated rings. The number of halogens is 2. The van der Waals surface area contributed by atoms with Crippen molar-refractivity contribution in [2.45, 2.75) is 16.8 Å². The fourth-order valence-corrected chi connectivity index (χ4v) is 3.87. The predicted molar refractivity (Wildman–Crippen MR) is 85.6 cm³/mol. The second kappa shape index (κ2) is 5.79. The van der Waals surface area contributed by atoms with Crippen LogP contribution >= 0.6 is 11.6 Å². The second-order valence-electron chi connectivity index (χ2n) is 5.04. The summed E-state index contributed by atoms with van der Waals surface area (Å²) >= 11 is 6.18. The van der Waals surface area contributed by atoms with Gasteiger partial charge in [-0.05, 0) is 31.2 Å². The van der Waals surface area contributed by atoms with Crippen molar-refractivity contribution in [3.05, 3.63) is 64.9 Å². The molecule has 2 aromatic carbocycles. The summed E-state index contributed by atoms with van der Waals surface area (Å²) < 4.78 is 38.6. The third-order valence-corrected chi connectivity index (χ3v) is 5.55. The number of aryl methyl sites for hydroxylation is 1.